The van der Waals surface area contributed by atoms with Gasteiger partial charge >= 0.3 is 0 Å². The molecule has 0 amide bonds. The van der Waals surface area contributed by atoms with E-state index in [1.165, 1.54) is 31.4 Å². The lowest BCUT2D eigenvalue weighted by molar-refractivity contribution is 0.103. The van der Waals surface area contributed by atoms with Gasteiger partial charge in [0.2, 0.25) is 0 Å². The zero-order chi connectivity index (χ0) is 14.9. The number of rotatable bonds is 3. The van der Waals surface area contributed by atoms with Crippen LogP contribution in [-0.4, -0.2) is 12.9 Å². The smallest absolute Gasteiger partial charge is 0.194 e. The Bertz CT molecular complexity index is 689. The maximum absolute atomic E-state index is 13.1. The van der Waals surface area contributed by atoms with Gasteiger partial charge in [0.25, 0.3) is 0 Å². The molecule has 0 fully saturated rings. The first-order valence-corrected chi connectivity index (χ1v) is 6.32. The van der Waals surface area contributed by atoms with Gasteiger partial charge < -0.3 is 10.5 Å². The first-order valence-electron chi connectivity index (χ1n) is 5.56. The number of hydrogen-bond donors (Lipinski definition) is 1. The predicted octanol–water partition coefficient (Wildman–Crippen LogP) is 3.95. The number of nitrogens with two attached hydrogens (primary N) is 1. The van der Waals surface area contributed by atoms with Crippen LogP contribution in [0.5, 0.6) is 5.75 Å². The molecule has 2 rings (SSSR count). The molecule has 0 spiro atoms. The highest BCUT2D eigenvalue weighted by Gasteiger charge is 2.17. The Balaban J connectivity index is 2.48. The van der Waals surface area contributed by atoms with Crippen LogP contribution in [0.15, 0.2) is 30.3 Å². The maximum Gasteiger partial charge on any atom is 0.194 e. The number of nitrogen functional groups attached to an aromatic ring is 1. The summed E-state index contributed by atoms with van der Waals surface area (Å²) in [6.45, 7) is 0. The SMILES string of the molecule is COc1cc(Cl)c(C(=O)c2ccc(F)c(N)c2)cc1Cl. The van der Waals surface area contributed by atoms with E-state index in [4.69, 9.17) is 33.7 Å². The summed E-state index contributed by atoms with van der Waals surface area (Å²) in [4.78, 5) is 12.3. The van der Waals surface area contributed by atoms with Gasteiger partial charge in [-0.15, -0.1) is 0 Å². The zero-order valence-corrected chi connectivity index (χ0v) is 11.9. The second kappa shape index (κ2) is 5.69. The number of carbonyl (C=O) groups is 1. The van der Waals surface area contributed by atoms with Gasteiger partial charge in [-0.25, -0.2) is 4.39 Å². The van der Waals surface area contributed by atoms with E-state index in [-0.39, 0.29) is 26.9 Å². The van der Waals surface area contributed by atoms with Crippen molar-refractivity contribution in [1.29, 1.82) is 0 Å². The molecule has 104 valence electrons. The summed E-state index contributed by atoms with van der Waals surface area (Å²) in [6.07, 6.45) is 0. The number of hydrogen-bond acceptors (Lipinski definition) is 3. The molecule has 2 aromatic rings. The summed E-state index contributed by atoms with van der Waals surface area (Å²) in [5, 5.41) is 0.453. The second-order valence-electron chi connectivity index (χ2n) is 4.03. The van der Waals surface area contributed by atoms with Crippen molar-refractivity contribution in [3.63, 3.8) is 0 Å². The molecule has 0 aliphatic carbocycles. The third-order valence-corrected chi connectivity index (χ3v) is 3.35. The molecule has 20 heavy (non-hydrogen) atoms. The number of ether oxygens (including phenoxy) is 1. The van der Waals surface area contributed by atoms with Gasteiger partial charge in [0.05, 0.1) is 22.8 Å². The zero-order valence-electron chi connectivity index (χ0n) is 10.4. The highest BCUT2D eigenvalue weighted by molar-refractivity contribution is 6.37. The van der Waals surface area contributed by atoms with E-state index >= 15 is 0 Å². The number of benzene rings is 2. The van der Waals surface area contributed by atoms with Crippen molar-refractivity contribution in [3.8, 4) is 5.75 Å². The van der Waals surface area contributed by atoms with Crippen LogP contribution < -0.4 is 10.5 Å². The van der Waals surface area contributed by atoms with Crippen molar-refractivity contribution in [2.75, 3.05) is 12.8 Å². The van der Waals surface area contributed by atoms with Crippen LogP contribution in [0.1, 0.15) is 15.9 Å². The summed E-state index contributed by atoms with van der Waals surface area (Å²) in [5.41, 5.74) is 5.77. The van der Waals surface area contributed by atoms with Gasteiger partial charge in [-0.1, -0.05) is 23.2 Å². The highest BCUT2D eigenvalue weighted by atomic mass is 35.5. The van der Waals surface area contributed by atoms with E-state index in [1.807, 2.05) is 0 Å². The third-order valence-electron chi connectivity index (χ3n) is 2.74. The summed E-state index contributed by atoms with van der Waals surface area (Å²) in [7, 11) is 1.44. The van der Waals surface area contributed by atoms with Crippen molar-refractivity contribution in [1.82, 2.24) is 0 Å². The molecular formula is C14H10Cl2FNO2. The molecule has 0 aliphatic rings. The molecule has 0 bridgehead atoms. The molecule has 0 saturated carbocycles. The monoisotopic (exact) mass is 313 g/mol. The first kappa shape index (κ1) is 14.6. The van der Waals surface area contributed by atoms with Crippen LogP contribution in [0.3, 0.4) is 0 Å². The van der Waals surface area contributed by atoms with Gasteiger partial charge in [0.15, 0.2) is 5.78 Å². The summed E-state index contributed by atoms with van der Waals surface area (Å²) >= 11 is 12.0. The number of ketones is 1. The molecular weight excluding hydrogens is 304 g/mol. The lowest BCUT2D eigenvalue weighted by Gasteiger charge is -2.09. The van der Waals surface area contributed by atoms with Crippen LogP contribution in [0.4, 0.5) is 10.1 Å². The van der Waals surface area contributed by atoms with Gasteiger partial charge in [-0.3, -0.25) is 4.79 Å². The van der Waals surface area contributed by atoms with E-state index in [2.05, 4.69) is 0 Å². The molecule has 0 radical (unpaired) electrons. The molecule has 0 aliphatic heterocycles. The molecule has 0 aromatic heterocycles. The van der Waals surface area contributed by atoms with Gasteiger partial charge in [-0.05, 0) is 24.3 Å². The molecule has 0 saturated heterocycles. The van der Waals surface area contributed by atoms with Crippen molar-refractivity contribution >= 4 is 34.7 Å². The highest BCUT2D eigenvalue weighted by Crippen LogP contribution is 2.32. The van der Waals surface area contributed by atoms with E-state index in [1.54, 1.807) is 0 Å². The van der Waals surface area contributed by atoms with Crippen LogP contribution in [0.25, 0.3) is 0 Å². The molecule has 0 atom stereocenters. The largest absolute Gasteiger partial charge is 0.495 e. The Morgan fingerprint density at radius 2 is 1.90 bits per heavy atom. The number of halogens is 3. The Kier molecular flexibility index (Phi) is 4.16. The Hall–Kier alpha value is -1.78. The van der Waals surface area contributed by atoms with Gasteiger partial charge in [0, 0.05) is 17.2 Å². The third kappa shape index (κ3) is 2.71. The van der Waals surface area contributed by atoms with Crippen molar-refractivity contribution in [3.05, 3.63) is 57.3 Å². The maximum atomic E-state index is 13.1. The Morgan fingerprint density at radius 1 is 1.20 bits per heavy atom. The van der Waals surface area contributed by atoms with Crippen LogP contribution in [0, 0.1) is 5.82 Å². The molecule has 3 nitrogen and oxygen atoms in total. The normalized spacial score (nSPS) is 10.4. The summed E-state index contributed by atoms with van der Waals surface area (Å²) in [5.74, 6) is -0.612. The fourth-order valence-electron chi connectivity index (χ4n) is 1.70. The predicted molar refractivity (Wildman–Crippen MR) is 77.3 cm³/mol. The molecule has 6 heteroatoms. The fourth-order valence-corrected chi connectivity index (χ4v) is 2.18. The molecule has 0 heterocycles. The number of methoxy groups -OCH3 is 1. The number of carbonyl (C=O) groups excluding carboxylic acids is 1. The van der Waals surface area contributed by atoms with E-state index in [0.29, 0.717) is 5.75 Å². The second-order valence-corrected chi connectivity index (χ2v) is 4.85. The lowest BCUT2D eigenvalue weighted by Crippen LogP contribution is -2.04. The van der Waals surface area contributed by atoms with Crippen LogP contribution in [0.2, 0.25) is 10.0 Å². The van der Waals surface area contributed by atoms with Crippen molar-refractivity contribution in [2.24, 2.45) is 0 Å². The van der Waals surface area contributed by atoms with E-state index in [9.17, 15) is 9.18 Å². The van der Waals surface area contributed by atoms with Crippen LogP contribution in [-0.2, 0) is 0 Å². The van der Waals surface area contributed by atoms with Gasteiger partial charge in [-0.2, -0.15) is 0 Å². The number of anilines is 1. The quantitative estimate of drug-likeness (QED) is 0.689. The Labute approximate surface area is 125 Å². The standard InChI is InChI=1S/C14H10Cl2FNO2/c1-20-13-6-9(15)8(5-10(13)16)14(19)7-2-3-11(17)12(18)4-7/h2-6H,18H2,1H3. The van der Waals surface area contributed by atoms with E-state index < -0.39 is 11.6 Å². The van der Waals surface area contributed by atoms with Crippen molar-refractivity contribution < 1.29 is 13.9 Å². The van der Waals surface area contributed by atoms with E-state index in [0.717, 1.165) is 6.07 Å². The minimum atomic E-state index is -0.583. The summed E-state index contributed by atoms with van der Waals surface area (Å²) < 4.78 is 18.1. The molecule has 2 aromatic carbocycles. The minimum absolute atomic E-state index is 0.105. The van der Waals surface area contributed by atoms with Crippen LogP contribution >= 0.6 is 23.2 Å². The lowest BCUT2D eigenvalue weighted by atomic mass is 10.0. The average Bonchev–Trinajstić information content (AvgIpc) is 2.43. The topological polar surface area (TPSA) is 52.3 Å². The Morgan fingerprint density at radius 3 is 2.50 bits per heavy atom. The fraction of sp³-hybridized carbons (Fsp3) is 0.0714. The molecule has 0 unspecified atom stereocenters. The molecule has 2 N–H and O–H groups in total. The average molecular weight is 314 g/mol. The van der Waals surface area contributed by atoms with Crippen molar-refractivity contribution in [2.45, 2.75) is 0 Å². The first-order chi connectivity index (χ1) is 9.43. The minimum Gasteiger partial charge on any atom is -0.495 e. The van der Waals surface area contributed by atoms with Gasteiger partial charge in [0.1, 0.15) is 11.6 Å². The summed E-state index contributed by atoms with van der Waals surface area (Å²) in [6, 6.07) is 6.57.